The fourth-order valence-corrected chi connectivity index (χ4v) is 1.08. The molecule has 0 radical (unpaired) electrons. The molecule has 1 aromatic rings. The number of anilines is 1. The minimum Gasteiger partial charge on any atom is -0.384 e. The first-order valence-corrected chi connectivity index (χ1v) is 4.60. The van der Waals surface area contributed by atoms with E-state index in [2.05, 4.69) is 4.98 Å². The molecule has 2 N–H and O–H groups in total. The molecule has 1 aromatic heterocycles. The van der Waals surface area contributed by atoms with Crippen LogP contribution in [-0.4, -0.2) is 11.6 Å². The Hall–Kier alpha value is -0.800. The van der Waals surface area contributed by atoms with Crippen LogP contribution in [0.5, 0.6) is 0 Å². The van der Waals surface area contributed by atoms with Gasteiger partial charge in [0, 0.05) is 6.61 Å². The number of rotatable bonds is 4. The van der Waals surface area contributed by atoms with Crippen LogP contribution >= 0.6 is 11.6 Å². The van der Waals surface area contributed by atoms with Crippen LogP contribution < -0.4 is 5.73 Å². The van der Waals surface area contributed by atoms with E-state index in [4.69, 9.17) is 22.1 Å². The van der Waals surface area contributed by atoms with E-state index in [-0.39, 0.29) is 0 Å². The maximum Gasteiger partial charge on any atom is 0.123 e. The fourth-order valence-electron chi connectivity index (χ4n) is 0.916. The Labute approximate surface area is 82.9 Å². The van der Waals surface area contributed by atoms with Crippen LogP contribution in [0.2, 0.25) is 5.02 Å². The molecular formula is C9H13ClN2O. The topological polar surface area (TPSA) is 48.1 Å². The van der Waals surface area contributed by atoms with Gasteiger partial charge in [-0.1, -0.05) is 18.5 Å². The van der Waals surface area contributed by atoms with E-state index in [9.17, 15) is 0 Å². The van der Waals surface area contributed by atoms with Crippen molar-refractivity contribution in [3.05, 3.63) is 22.8 Å². The second-order valence-corrected chi connectivity index (χ2v) is 3.12. The van der Waals surface area contributed by atoms with Crippen molar-refractivity contribution in [2.24, 2.45) is 0 Å². The summed E-state index contributed by atoms with van der Waals surface area (Å²) in [4.78, 5) is 4.07. The van der Waals surface area contributed by atoms with Gasteiger partial charge < -0.3 is 10.5 Å². The van der Waals surface area contributed by atoms with E-state index < -0.39 is 0 Å². The van der Waals surface area contributed by atoms with E-state index in [1.165, 1.54) is 0 Å². The van der Waals surface area contributed by atoms with Crippen LogP contribution in [0.4, 0.5) is 5.82 Å². The van der Waals surface area contributed by atoms with Crippen molar-refractivity contribution in [1.82, 2.24) is 4.98 Å². The van der Waals surface area contributed by atoms with Crippen molar-refractivity contribution in [3.63, 3.8) is 0 Å². The fraction of sp³-hybridized carbons (Fsp3) is 0.444. The van der Waals surface area contributed by atoms with Crippen LogP contribution in [0, 0.1) is 0 Å². The normalized spacial score (nSPS) is 10.3. The summed E-state index contributed by atoms with van der Waals surface area (Å²) in [5.74, 6) is 0.472. The molecule has 72 valence electrons. The van der Waals surface area contributed by atoms with E-state index in [0.717, 1.165) is 6.42 Å². The summed E-state index contributed by atoms with van der Waals surface area (Å²) in [6, 6.07) is 3.40. The van der Waals surface area contributed by atoms with Crippen molar-refractivity contribution in [2.75, 3.05) is 12.3 Å². The third-order valence-electron chi connectivity index (χ3n) is 1.53. The highest BCUT2D eigenvalue weighted by atomic mass is 35.5. The van der Waals surface area contributed by atoms with Crippen LogP contribution in [0.25, 0.3) is 0 Å². The lowest BCUT2D eigenvalue weighted by Gasteiger charge is -2.04. The first-order chi connectivity index (χ1) is 6.24. The molecule has 0 aromatic carbocycles. The molecule has 0 aliphatic heterocycles. The van der Waals surface area contributed by atoms with Gasteiger partial charge >= 0.3 is 0 Å². The second kappa shape index (κ2) is 5.04. The number of ether oxygens (including phenoxy) is 1. The maximum absolute atomic E-state index is 5.88. The Morgan fingerprint density at radius 1 is 1.54 bits per heavy atom. The summed E-state index contributed by atoms with van der Waals surface area (Å²) in [6.45, 7) is 3.19. The number of halogens is 1. The molecule has 4 heteroatoms. The SMILES string of the molecule is CCCOCc1nc(N)ccc1Cl. The highest BCUT2D eigenvalue weighted by Crippen LogP contribution is 2.15. The van der Waals surface area contributed by atoms with Gasteiger partial charge in [-0.25, -0.2) is 4.98 Å². The van der Waals surface area contributed by atoms with Gasteiger partial charge in [0.25, 0.3) is 0 Å². The maximum atomic E-state index is 5.88. The number of hydrogen-bond acceptors (Lipinski definition) is 3. The van der Waals surface area contributed by atoms with Crippen molar-refractivity contribution in [1.29, 1.82) is 0 Å². The minimum atomic E-state index is 0.428. The van der Waals surface area contributed by atoms with Gasteiger partial charge in [0.1, 0.15) is 5.82 Å². The first-order valence-electron chi connectivity index (χ1n) is 4.22. The van der Waals surface area contributed by atoms with E-state index in [1.807, 2.05) is 6.92 Å². The van der Waals surface area contributed by atoms with Gasteiger partial charge in [-0.05, 0) is 18.6 Å². The number of aromatic nitrogens is 1. The Morgan fingerprint density at radius 2 is 2.31 bits per heavy atom. The monoisotopic (exact) mass is 200 g/mol. The lowest BCUT2D eigenvalue weighted by Crippen LogP contribution is -2.00. The second-order valence-electron chi connectivity index (χ2n) is 2.72. The van der Waals surface area contributed by atoms with Gasteiger partial charge in [0.05, 0.1) is 17.3 Å². The molecule has 0 aliphatic rings. The molecule has 0 aliphatic carbocycles. The summed E-state index contributed by atoms with van der Waals surface area (Å²) < 4.78 is 5.30. The van der Waals surface area contributed by atoms with Gasteiger partial charge in [0.2, 0.25) is 0 Å². The largest absolute Gasteiger partial charge is 0.384 e. The first kappa shape index (κ1) is 10.3. The van der Waals surface area contributed by atoms with E-state index in [0.29, 0.717) is 29.7 Å². The number of pyridine rings is 1. The minimum absolute atomic E-state index is 0.428. The molecule has 1 rings (SSSR count). The highest BCUT2D eigenvalue weighted by molar-refractivity contribution is 6.31. The Balaban J connectivity index is 2.59. The van der Waals surface area contributed by atoms with Crippen molar-refractivity contribution in [3.8, 4) is 0 Å². The predicted molar refractivity (Wildman–Crippen MR) is 53.6 cm³/mol. The van der Waals surface area contributed by atoms with Gasteiger partial charge in [-0.3, -0.25) is 0 Å². The Kier molecular flexibility index (Phi) is 3.99. The molecular weight excluding hydrogens is 188 g/mol. The van der Waals surface area contributed by atoms with E-state index >= 15 is 0 Å². The predicted octanol–water partition coefficient (Wildman–Crippen LogP) is 2.24. The smallest absolute Gasteiger partial charge is 0.123 e. The molecule has 0 saturated heterocycles. The molecule has 13 heavy (non-hydrogen) atoms. The van der Waals surface area contributed by atoms with Crippen molar-refractivity contribution < 1.29 is 4.74 Å². The molecule has 1 heterocycles. The van der Waals surface area contributed by atoms with Crippen molar-refractivity contribution in [2.45, 2.75) is 20.0 Å². The summed E-state index contributed by atoms with van der Waals surface area (Å²) in [5, 5.41) is 0.602. The number of hydrogen-bond donors (Lipinski definition) is 1. The van der Waals surface area contributed by atoms with Crippen LogP contribution in [0.1, 0.15) is 19.0 Å². The zero-order chi connectivity index (χ0) is 9.68. The number of nitrogen functional groups attached to an aromatic ring is 1. The Bertz CT molecular complexity index is 278. The molecule has 0 atom stereocenters. The number of nitrogens with zero attached hydrogens (tertiary/aromatic N) is 1. The average Bonchev–Trinajstić information content (AvgIpc) is 2.11. The number of nitrogens with two attached hydrogens (primary N) is 1. The average molecular weight is 201 g/mol. The van der Waals surface area contributed by atoms with Gasteiger partial charge in [-0.15, -0.1) is 0 Å². The standard InChI is InChI=1S/C9H13ClN2O/c1-2-5-13-6-8-7(10)3-4-9(11)12-8/h3-4H,2,5-6H2,1H3,(H2,11,12). The molecule has 0 amide bonds. The van der Waals surface area contributed by atoms with E-state index in [1.54, 1.807) is 12.1 Å². The molecule has 0 fully saturated rings. The molecule has 0 saturated carbocycles. The summed E-state index contributed by atoms with van der Waals surface area (Å²) >= 11 is 5.88. The summed E-state index contributed by atoms with van der Waals surface area (Å²) in [7, 11) is 0. The summed E-state index contributed by atoms with van der Waals surface area (Å²) in [6.07, 6.45) is 0.986. The van der Waals surface area contributed by atoms with Gasteiger partial charge in [0.15, 0.2) is 0 Å². The lowest BCUT2D eigenvalue weighted by molar-refractivity contribution is 0.119. The quantitative estimate of drug-likeness (QED) is 0.759. The highest BCUT2D eigenvalue weighted by Gasteiger charge is 2.01. The molecule has 0 bridgehead atoms. The lowest BCUT2D eigenvalue weighted by atomic mass is 10.3. The van der Waals surface area contributed by atoms with Crippen LogP contribution in [0.15, 0.2) is 12.1 Å². The van der Waals surface area contributed by atoms with Crippen molar-refractivity contribution >= 4 is 17.4 Å². The zero-order valence-electron chi connectivity index (χ0n) is 7.59. The third-order valence-corrected chi connectivity index (χ3v) is 1.87. The zero-order valence-corrected chi connectivity index (χ0v) is 8.34. The van der Waals surface area contributed by atoms with Crippen LogP contribution in [-0.2, 0) is 11.3 Å². The summed E-state index contributed by atoms with van der Waals surface area (Å²) in [5.41, 5.74) is 6.21. The van der Waals surface area contributed by atoms with Gasteiger partial charge in [-0.2, -0.15) is 0 Å². The molecule has 0 spiro atoms. The third kappa shape index (κ3) is 3.20. The molecule has 0 unspecified atom stereocenters. The Morgan fingerprint density at radius 3 is 3.00 bits per heavy atom. The van der Waals surface area contributed by atoms with Crippen LogP contribution in [0.3, 0.4) is 0 Å². The molecule has 3 nitrogen and oxygen atoms in total.